The maximum absolute atomic E-state index is 12.5. The first-order valence-electron chi connectivity index (χ1n) is 9.92. The highest BCUT2D eigenvalue weighted by Crippen LogP contribution is 2.23. The minimum atomic E-state index is -0.233. The molecule has 29 heavy (non-hydrogen) atoms. The Bertz CT molecular complexity index is 903. The molecule has 154 valence electrons. The van der Waals surface area contributed by atoms with Crippen molar-refractivity contribution in [2.24, 2.45) is 0 Å². The third kappa shape index (κ3) is 6.15. The molecule has 2 amide bonds. The lowest BCUT2D eigenvalue weighted by molar-refractivity contribution is -0.116. The molecule has 0 spiro atoms. The van der Waals surface area contributed by atoms with Gasteiger partial charge in [-0.15, -0.1) is 11.3 Å². The number of nitrogens with one attached hydrogen (secondary N) is 2. The summed E-state index contributed by atoms with van der Waals surface area (Å²) < 4.78 is 0.557. The van der Waals surface area contributed by atoms with Crippen molar-refractivity contribution >= 4 is 46.2 Å². The van der Waals surface area contributed by atoms with E-state index in [-0.39, 0.29) is 36.5 Å². The molecule has 0 atom stereocenters. The van der Waals surface area contributed by atoms with E-state index in [4.69, 9.17) is 11.6 Å². The number of hydrogen-bond donors (Lipinski definition) is 2. The second kappa shape index (κ2) is 10.0. The van der Waals surface area contributed by atoms with Crippen LogP contribution >= 0.6 is 22.9 Å². The number of benzene rings is 1. The van der Waals surface area contributed by atoms with Crippen LogP contribution in [0.5, 0.6) is 0 Å². The molecule has 0 saturated heterocycles. The number of thiophene rings is 1. The summed E-state index contributed by atoms with van der Waals surface area (Å²) in [6.07, 6.45) is 5.87. The van der Waals surface area contributed by atoms with Gasteiger partial charge in [-0.1, -0.05) is 30.9 Å². The minimum absolute atomic E-state index is 0.0712. The monoisotopic (exact) mass is 432 g/mol. The molecule has 1 saturated carbocycles. The Morgan fingerprint density at radius 2 is 1.83 bits per heavy atom. The van der Waals surface area contributed by atoms with Crippen LogP contribution in [0.15, 0.2) is 30.3 Å². The van der Waals surface area contributed by atoms with E-state index in [1.54, 1.807) is 30.3 Å². The van der Waals surface area contributed by atoms with Gasteiger partial charge in [0.15, 0.2) is 5.78 Å². The van der Waals surface area contributed by atoms with Crippen molar-refractivity contribution in [1.82, 2.24) is 5.32 Å². The second-order valence-corrected chi connectivity index (χ2v) is 9.13. The molecule has 0 radical (unpaired) electrons. The van der Waals surface area contributed by atoms with Crippen LogP contribution in [-0.4, -0.2) is 23.6 Å². The fraction of sp³-hybridized carbons (Fsp3) is 0.409. The summed E-state index contributed by atoms with van der Waals surface area (Å²) in [6.45, 7) is 1.85. The summed E-state index contributed by atoms with van der Waals surface area (Å²) >= 11 is 7.06. The molecule has 0 bridgehead atoms. The second-order valence-electron chi connectivity index (χ2n) is 7.41. The molecule has 0 aliphatic heterocycles. The third-order valence-corrected chi connectivity index (χ3v) is 6.40. The summed E-state index contributed by atoms with van der Waals surface area (Å²) in [5.74, 6) is -0.398. The largest absolute Gasteiger partial charge is 0.349 e. The number of aryl methyl sites for hydroxylation is 1. The first-order chi connectivity index (χ1) is 13.9. The molecule has 0 unspecified atom stereocenters. The van der Waals surface area contributed by atoms with Gasteiger partial charge in [0, 0.05) is 30.1 Å². The van der Waals surface area contributed by atoms with Crippen molar-refractivity contribution in [3.8, 4) is 0 Å². The van der Waals surface area contributed by atoms with Gasteiger partial charge in [-0.2, -0.15) is 0 Å². The van der Waals surface area contributed by atoms with Crippen LogP contribution in [0.25, 0.3) is 0 Å². The third-order valence-electron chi connectivity index (χ3n) is 5.13. The van der Waals surface area contributed by atoms with Crippen LogP contribution in [0.2, 0.25) is 4.34 Å². The molecule has 5 nitrogen and oxygen atoms in total. The van der Waals surface area contributed by atoms with E-state index in [1.807, 2.05) is 6.92 Å². The van der Waals surface area contributed by atoms with E-state index in [0.717, 1.165) is 31.2 Å². The fourth-order valence-corrected chi connectivity index (χ4v) is 4.50. The van der Waals surface area contributed by atoms with Gasteiger partial charge in [-0.3, -0.25) is 14.4 Å². The zero-order valence-electron chi connectivity index (χ0n) is 16.4. The van der Waals surface area contributed by atoms with Crippen molar-refractivity contribution in [1.29, 1.82) is 0 Å². The highest BCUT2D eigenvalue weighted by molar-refractivity contribution is 7.18. The predicted octanol–water partition coefficient (Wildman–Crippen LogP) is 5.37. The standard InChI is InChI=1S/C22H25ClN2O3S/c1-14-13-15(22(28)24-16-5-3-2-4-6-16)7-8-17(14)25-21(27)12-9-18(26)19-10-11-20(23)29-19/h7-8,10-11,13,16H,2-6,9,12H2,1H3,(H,24,28)(H,25,27). The van der Waals surface area contributed by atoms with E-state index < -0.39 is 0 Å². The van der Waals surface area contributed by atoms with Gasteiger partial charge in [0.2, 0.25) is 5.91 Å². The number of carbonyl (C=O) groups excluding carboxylic acids is 3. The van der Waals surface area contributed by atoms with Gasteiger partial charge < -0.3 is 10.6 Å². The van der Waals surface area contributed by atoms with Gasteiger partial charge in [0.05, 0.1) is 9.21 Å². The Balaban J connectivity index is 1.52. The number of carbonyl (C=O) groups is 3. The van der Waals surface area contributed by atoms with Crippen molar-refractivity contribution in [3.05, 3.63) is 50.7 Å². The summed E-state index contributed by atoms with van der Waals surface area (Å²) in [6, 6.07) is 8.85. The summed E-state index contributed by atoms with van der Waals surface area (Å²) in [7, 11) is 0. The topological polar surface area (TPSA) is 75.3 Å². The van der Waals surface area contributed by atoms with Gasteiger partial charge in [-0.25, -0.2) is 0 Å². The lowest BCUT2D eigenvalue weighted by Gasteiger charge is -2.23. The number of halogens is 1. The maximum atomic E-state index is 12.5. The zero-order valence-corrected chi connectivity index (χ0v) is 18.0. The number of amides is 2. The molecular formula is C22H25ClN2O3S. The fourth-order valence-electron chi connectivity index (χ4n) is 3.49. The first-order valence-corrected chi connectivity index (χ1v) is 11.1. The summed E-state index contributed by atoms with van der Waals surface area (Å²) in [4.78, 5) is 37.3. The lowest BCUT2D eigenvalue weighted by atomic mass is 9.95. The van der Waals surface area contributed by atoms with E-state index in [1.165, 1.54) is 17.8 Å². The molecule has 2 N–H and O–H groups in total. The van der Waals surface area contributed by atoms with E-state index in [0.29, 0.717) is 20.5 Å². The molecule has 1 aliphatic rings. The van der Waals surface area contributed by atoms with Crippen LogP contribution < -0.4 is 10.6 Å². The molecule has 1 aromatic heterocycles. The van der Waals surface area contributed by atoms with Gasteiger partial charge in [0.1, 0.15) is 0 Å². The average Bonchev–Trinajstić information content (AvgIpc) is 3.15. The number of ketones is 1. The van der Waals surface area contributed by atoms with E-state index >= 15 is 0 Å². The predicted molar refractivity (Wildman–Crippen MR) is 117 cm³/mol. The summed E-state index contributed by atoms with van der Waals surface area (Å²) in [5.41, 5.74) is 2.05. The molecule has 1 heterocycles. The first kappa shape index (κ1) is 21.5. The molecule has 1 aliphatic carbocycles. The van der Waals surface area contributed by atoms with Crippen molar-refractivity contribution in [2.75, 3.05) is 5.32 Å². The van der Waals surface area contributed by atoms with Crippen LogP contribution in [0, 0.1) is 6.92 Å². The number of rotatable bonds is 7. The zero-order chi connectivity index (χ0) is 20.8. The van der Waals surface area contributed by atoms with Crippen molar-refractivity contribution in [3.63, 3.8) is 0 Å². The quantitative estimate of drug-likeness (QED) is 0.577. The average molecular weight is 433 g/mol. The molecule has 1 aromatic carbocycles. The SMILES string of the molecule is Cc1cc(C(=O)NC2CCCCC2)ccc1NC(=O)CCC(=O)c1ccc(Cl)s1. The van der Waals surface area contributed by atoms with Crippen LogP contribution in [0.3, 0.4) is 0 Å². The normalized spacial score (nSPS) is 14.4. The van der Waals surface area contributed by atoms with E-state index in [9.17, 15) is 14.4 Å². The smallest absolute Gasteiger partial charge is 0.251 e. The number of anilines is 1. The Hall–Kier alpha value is -2.18. The molecule has 7 heteroatoms. The Labute approximate surface area is 179 Å². The molecule has 3 rings (SSSR count). The summed E-state index contributed by atoms with van der Waals surface area (Å²) in [5, 5.41) is 5.92. The Morgan fingerprint density at radius 1 is 1.07 bits per heavy atom. The Kier molecular flexibility index (Phi) is 7.45. The molecular weight excluding hydrogens is 408 g/mol. The van der Waals surface area contributed by atoms with Crippen LogP contribution in [0.1, 0.15) is 70.5 Å². The van der Waals surface area contributed by atoms with Crippen LogP contribution in [0.4, 0.5) is 5.69 Å². The highest BCUT2D eigenvalue weighted by atomic mass is 35.5. The van der Waals surface area contributed by atoms with Crippen LogP contribution in [-0.2, 0) is 4.79 Å². The number of Topliss-reactive ketones (excluding diaryl/α,β-unsaturated/α-hetero) is 1. The minimum Gasteiger partial charge on any atom is -0.349 e. The van der Waals surface area contributed by atoms with Gasteiger partial charge in [-0.05, 0) is 55.7 Å². The Morgan fingerprint density at radius 3 is 2.48 bits per heavy atom. The molecule has 2 aromatic rings. The number of hydrogen-bond acceptors (Lipinski definition) is 4. The lowest BCUT2D eigenvalue weighted by Crippen LogP contribution is -2.36. The highest BCUT2D eigenvalue weighted by Gasteiger charge is 2.17. The van der Waals surface area contributed by atoms with Crippen molar-refractivity contribution < 1.29 is 14.4 Å². The van der Waals surface area contributed by atoms with Gasteiger partial charge >= 0.3 is 0 Å². The van der Waals surface area contributed by atoms with Crippen molar-refractivity contribution in [2.45, 2.75) is 57.9 Å². The van der Waals surface area contributed by atoms with E-state index in [2.05, 4.69) is 10.6 Å². The molecule has 1 fully saturated rings. The van der Waals surface area contributed by atoms with Gasteiger partial charge in [0.25, 0.3) is 5.91 Å². The maximum Gasteiger partial charge on any atom is 0.251 e.